The summed E-state index contributed by atoms with van der Waals surface area (Å²) >= 11 is 1.51. The Hall–Kier alpha value is -1.47. The van der Waals surface area contributed by atoms with Gasteiger partial charge in [0.2, 0.25) is 0 Å². The third-order valence-electron chi connectivity index (χ3n) is 2.77. The van der Waals surface area contributed by atoms with Crippen LogP contribution in [0.15, 0.2) is 29.2 Å². The van der Waals surface area contributed by atoms with E-state index in [4.69, 9.17) is 10.00 Å². The van der Waals surface area contributed by atoms with Gasteiger partial charge in [0.15, 0.2) is 0 Å². The topological polar surface area (TPSA) is 50.1 Å². The number of nitrogens with zero attached hydrogens (tertiary/aromatic N) is 1. The molecule has 1 aromatic rings. The van der Waals surface area contributed by atoms with Crippen LogP contribution in [0.25, 0.3) is 0 Å². The summed E-state index contributed by atoms with van der Waals surface area (Å²) in [7, 11) is 0. The first-order chi connectivity index (χ1) is 8.27. The maximum absolute atomic E-state index is 11.8. The second-order valence-corrected chi connectivity index (χ2v) is 4.98. The lowest BCUT2D eigenvalue weighted by molar-refractivity contribution is -0.142. The molecule has 1 heterocycles. The Morgan fingerprint density at radius 1 is 1.53 bits per heavy atom. The van der Waals surface area contributed by atoms with E-state index in [0.29, 0.717) is 13.0 Å². The van der Waals surface area contributed by atoms with Gasteiger partial charge in [-0.05, 0) is 18.6 Å². The van der Waals surface area contributed by atoms with Crippen LogP contribution >= 0.6 is 11.8 Å². The zero-order valence-electron chi connectivity index (χ0n) is 9.55. The van der Waals surface area contributed by atoms with Crippen molar-refractivity contribution in [1.82, 2.24) is 0 Å². The summed E-state index contributed by atoms with van der Waals surface area (Å²) < 4.78 is 5.06. The van der Waals surface area contributed by atoms with Crippen molar-refractivity contribution < 1.29 is 9.53 Å². The normalized spacial score (nSPS) is 21.6. The van der Waals surface area contributed by atoms with Crippen LogP contribution in [0.1, 0.15) is 24.8 Å². The molecule has 0 fully saturated rings. The van der Waals surface area contributed by atoms with Gasteiger partial charge in [-0.2, -0.15) is 5.26 Å². The molecule has 0 spiro atoms. The third-order valence-corrected chi connectivity index (χ3v) is 4.17. The Kier molecular flexibility index (Phi) is 3.70. The molecule has 1 aliphatic rings. The average Bonchev–Trinajstić information content (AvgIpc) is 2.70. The molecular weight excluding hydrogens is 234 g/mol. The molecule has 0 saturated heterocycles. The van der Waals surface area contributed by atoms with Crippen LogP contribution in [0.2, 0.25) is 0 Å². The van der Waals surface area contributed by atoms with Crippen LogP contribution in [-0.4, -0.2) is 17.8 Å². The Morgan fingerprint density at radius 3 is 3.00 bits per heavy atom. The van der Waals surface area contributed by atoms with E-state index < -0.39 is 0 Å². The van der Waals surface area contributed by atoms with Crippen LogP contribution in [0.5, 0.6) is 0 Å². The fraction of sp³-hybridized carbons (Fsp3) is 0.385. The number of hydrogen-bond donors (Lipinski definition) is 0. The highest BCUT2D eigenvalue weighted by atomic mass is 32.2. The summed E-state index contributed by atoms with van der Waals surface area (Å²) in [6.07, 6.45) is 0.355. The van der Waals surface area contributed by atoms with Crippen LogP contribution in [-0.2, 0) is 9.53 Å². The second kappa shape index (κ2) is 5.24. The van der Waals surface area contributed by atoms with Gasteiger partial charge in [0.1, 0.15) is 5.25 Å². The van der Waals surface area contributed by atoms with E-state index in [9.17, 15) is 4.79 Å². The van der Waals surface area contributed by atoms with E-state index in [-0.39, 0.29) is 17.1 Å². The number of carbonyl (C=O) groups excluding carboxylic acids is 1. The zero-order valence-corrected chi connectivity index (χ0v) is 10.4. The Labute approximate surface area is 105 Å². The van der Waals surface area contributed by atoms with E-state index in [0.717, 1.165) is 10.5 Å². The molecule has 0 saturated carbocycles. The Bertz CT molecular complexity index is 467. The standard InChI is InChI=1S/C13H13NO2S/c1-2-16-13(15)12-10(7-8-14)9-5-3-4-6-11(9)17-12/h3-6,10,12H,2,7H2,1H3. The summed E-state index contributed by atoms with van der Waals surface area (Å²) in [5.41, 5.74) is 1.09. The average molecular weight is 247 g/mol. The van der Waals surface area contributed by atoms with Crippen molar-refractivity contribution in [3.05, 3.63) is 29.8 Å². The highest BCUT2D eigenvalue weighted by Crippen LogP contribution is 2.47. The van der Waals surface area contributed by atoms with Crippen LogP contribution in [0.4, 0.5) is 0 Å². The molecule has 1 aromatic carbocycles. The molecule has 0 aliphatic carbocycles. The fourth-order valence-electron chi connectivity index (χ4n) is 2.03. The smallest absolute Gasteiger partial charge is 0.320 e. The number of nitriles is 1. The molecule has 17 heavy (non-hydrogen) atoms. The highest BCUT2D eigenvalue weighted by Gasteiger charge is 2.38. The number of carbonyl (C=O) groups is 1. The largest absolute Gasteiger partial charge is 0.465 e. The second-order valence-electron chi connectivity index (χ2n) is 3.80. The number of rotatable bonds is 3. The molecule has 0 aromatic heterocycles. The van der Waals surface area contributed by atoms with E-state index in [1.807, 2.05) is 24.3 Å². The van der Waals surface area contributed by atoms with Gasteiger partial charge >= 0.3 is 5.97 Å². The van der Waals surface area contributed by atoms with Gasteiger partial charge in [0, 0.05) is 17.2 Å². The number of hydrogen-bond acceptors (Lipinski definition) is 4. The minimum absolute atomic E-state index is 0.0414. The lowest BCUT2D eigenvalue weighted by Crippen LogP contribution is -2.23. The summed E-state index contributed by atoms with van der Waals surface area (Å²) in [6, 6.07) is 10.0. The molecule has 2 atom stereocenters. The van der Waals surface area contributed by atoms with E-state index in [1.54, 1.807) is 6.92 Å². The monoisotopic (exact) mass is 247 g/mol. The number of benzene rings is 1. The third kappa shape index (κ3) is 2.29. The molecular formula is C13H13NO2S. The molecule has 0 radical (unpaired) electrons. The first-order valence-corrected chi connectivity index (χ1v) is 6.45. The van der Waals surface area contributed by atoms with Gasteiger partial charge in [0.25, 0.3) is 0 Å². The zero-order chi connectivity index (χ0) is 12.3. The highest BCUT2D eigenvalue weighted by molar-refractivity contribution is 8.01. The van der Waals surface area contributed by atoms with Crippen molar-refractivity contribution in [3.8, 4) is 6.07 Å². The first kappa shape index (κ1) is 12.0. The van der Waals surface area contributed by atoms with Crippen LogP contribution in [0, 0.1) is 11.3 Å². The predicted octanol–water partition coefficient (Wildman–Crippen LogP) is 2.72. The number of fused-ring (bicyclic) bond motifs is 1. The molecule has 2 rings (SSSR count). The SMILES string of the molecule is CCOC(=O)C1Sc2ccccc2C1CC#N. The Balaban J connectivity index is 2.27. The summed E-state index contributed by atoms with van der Waals surface area (Å²) in [5, 5.41) is 8.60. The molecule has 4 heteroatoms. The van der Waals surface area contributed by atoms with Crippen molar-refractivity contribution in [3.63, 3.8) is 0 Å². The number of ether oxygens (including phenoxy) is 1. The van der Waals surface area contributed by atoms with Gasteiger partial charge in [-0.3, -0.25) is 4.79 Å². The van der Waals surface area contributed by atoms with Gasteiger partial charge in [-0.25, -0.2) is 0 Å². The molecule has 0 bridgehead atoms. The quantitative estimate of drug-likeness (QED) is 0.771. The molecule has 0 amide bonds. The van der Waals surface area contributed by atoms with Crippen LogP contribution < -0.4 is 0 Å². The number of thioether (sulfide) groups is 1. The van der Waals surface area contributed by atoms with Gasteiger partial charge < -0.3 is 4.74 Å². The predicted molar refractivity (Wildman–Crippen MR) is 65.7 cm³/mol. The molecule has 88 valence electrons. The van der Waals surface area contributed by atoms with Crippen molar-refractivity contribution >= 4 is 17.7 Å². The first-order valence-electron chi connectivity index (χ1n) is 5.57. The molecule has 2 unspecified atom stereocenters. The number of esters is 1. The molecule has 1 aliphatic heterocycles. The lowest BCUT2D eigenvalue weighted by Gasteiger charge is -2.14. The van der Waals surface area contributed by atoms with Gasteiger partial charge in [-0.1, -0.05) is 18.2 Å². The summed E-state index contributed by atoms with van der Waals surface area (Å²) in [5.74, 6) is -0.255. The molecule has 0 N–H and O–H groups in total. The van der Waals surface area contributed by atoms with E-state index in [1.165, 1.54) is 11.8 Å². The lowest BCUT2D eigenvalue weighted by atomic mass is 9.93. The van der Waals surface area contributed by atoms with Crippen molar-refractivity contribution in [2.75, 3.05) is 6.61 Å². The van der Waals surface area contributed by atoms with Gasteiger partial charge in [0.05, 0.1) is 12.7 Å². The fourth-order valence-corrected chi connectivity index (χ4v) is 3.39. The minimum Gasteiger partial charge on any atom is -0.465 e. The molecule has 3 nitrogen and oxygen atoms in total. The van der Waals surface area contributed by atoms with Gasteiger partial charge in [-0.15, -0.1) is 11.8 Å². The Morgan fingerprint density at radius 2 is 2.29 bits per heavy atom. The van der Waals surface area contributed by atoms with Crippen molar-refractivity contribution in [1.29, 1.82) is 5.26 Å². The maximum Gasteiger partial charge on any atom is 0.320 e. The van der Waals surface area contributed by atoms with Crippen molar-refractivity contribution in [2.45, 2.75) is 29.4 Å². The summed E-state index contributed by atoms with van der Waals surface area (Å²) in [4.78, 5) is 12.9. The van der Waals surface area contributed by atoms with E-state index >= 15 is 0 Å². The van der Waals surface area contributed by atoms with Crippen LogP contribution in [0.3, 0.4) is 0 Å². The van der Waals surface area contributed by atoms with Crippen molar-refractivity contribution in [2.24, 2.45) is 0 Å². The van der Waals surface area contributed by atoms with E-state index in [2.05, 4.69) is 6.07 Å². The maximum atomic E-state index is 11.8. The minimum atomic E-state index is -0.271. The summed E-state index contributed by atoms with van der Waals surface area (Å²) in [6.45, 7) is 2.18.